The summed E-state index contributed by atoms with van der Waals surface area (Å²) >= 11 is 6.14. The first-order chi connectivity index (χ1) is 13.2. The summed E-state index contributed by atoms with van der Waals surface area (Å²) in [5, 5.41) is 0.778. The summed E-state index contributed by atoms with van der Waals surface area (Å²) in [7, 11) is 0. The van der Waals surface area contributed by atoms with Crippen LogP contribution in [0.3, 0.4) is 0 Å². The zero-order valence-corrected chi connectivity index (χ0v) is 15.8. The Bertz CT molecular complexity index is 1050. The summed E-state index contributed by atoms with van der Waals surface area (Å²) in [5.74, 6) is 0. The molecule has 1 fully saturated rings. The van der Waals surface area contributed by atoms with Crippen LogP contribution in [-0.4, -0.2) is 22.6 Å². The number of hydrogen-bond acceptors (Lipinski definition) is 2. The van der Waals surface area contributed by atoms with Crippen LogP contribution in [0.2, 0.25) is 5.02 Å². The van der Waals surface area contributed by atoms with Crippen molar-refractivity contribution in [3.05, 3.63) is 98.9 Å². The van der Waals surface area contributed by atoms with E-state index in [0.717, 1.165) is 43.2 Å². The lowest BCUT2D eigenvalue weighted by Gasteiger charge is -2.39. The number of halogens is 1. The van der Waals surface area contributed by atoms with Crippen molar-refractivity contribution in [1.29, 1.82) is 0 Å². The van der Waals surface area contributed by atoms with Gasteiger partial charge in [-0.3, -0.25) is 14.3 Å². The van der Waals surface area contributed by atoms with E-state index in [0.29, 0.717) is 0 Å². The highest BCUT2D eigenvalue weighted by Crippen LogP contribution is 2.46. The van der Waals surface area contributed by atoms with Gasteiger partial charge in [0.05, 0.1) is 0 Å². The van der Waals surface area contributed by atoms with Crippen molar-refractivity contribution in [2.75, 3.05) is 13.1 Å². The summed E-state index contributed by atoms with van der Waals surface area (Å²) in [6, 6.07) is 20.2. The van der Waals surface area contributed by atoms with E-state index in [-0.39, 0.29) is 11.0 Å². The number of pyridine rings is 1. The second-order valence-corrected chi connectivity index (χ2v) is 8.05. The number of nitrogens with zero attached hydrogens (tertiary/aromatic N) is 2. The van der Waals surface area contributed by atoms with Crippen LogP contribution in [0.4, 0.5) is 0 Å². The molecule has 4 heterocycles. The van der Waals surface area contributed by atoms with E-state index in [9.17, 15) is 4.79 Å². The third-order valence-electron chi connectivity index (χ3n) is 6.21. The summed E-state index contributed by atoms with van der Waals surface area (Å²) in [6.07, 6.45) is 4.07. The molecule has 0 amide bonds. The van der Waals surface area contributed by atoms with Gasteiger partial charge in [-0.25, -0.2) is 0 Å². The van der Waals surface area contributed by atoms with Crippen molar-refractivity contribution in [3.8, 4) is 5.69 Å². The predicted octanol–water partition coefficient (Wildman–Crippen LogP) is 4.39. The van der Waals surface area contributed by atoms with E-state index >= 15 is 0 Å². The highest BCUT2D eigenvalue weighted by molar-refractivity contribution is 6.30. The van der Waals surface area contributed by atoms with Crippen LogP contribution in [0.1, 0.15) is 29.5 Å². The highest BCUT2D eigenvalue weighted by Gasteiger charge is 2.42. The van der Waals surface area contributed by atoms with Crippen molar-refractivity contribution in [1.82, 2.24) is 9.47 Å². The first-order valence-electron chi connectivity index (χ1n) is 9.46. The Balaban J connectivity index is 1.68. The number of piperidine rings is 1. The monoisotopic (exact) mass is 376 g/mol. The Morgan fingerprint density at radius 3 is 2.44 bits per heavy atom. The maximum atomic E-state index is 12.3. The van der Waals surface area contributed by atoms with Crippen LogP contribution < -0.4 is 5.56 Å². The van der Waals surface area contributed by atoms with Gasteiger partial charge >= 0.3 is 0 Å². The molecule has 1 aromatic heterocycles. The Kier molecular flexibility index (Phi) is 3.96. The molecule has 3 aliphatic rings. The van der Waals surface area contributed by atoms with Crippen LogP contribution in [-0.2, 0) is 12.0 Å². The molecule has 3 aromatic rings. The molecule has 0 saturated carbocycles. The minimum Gasteiger partial charge on any atom is -0.299 e. The second-order valence-electron chi connectivity index (χ2n) is 7.62. The van der Waals surface area contributed by atoms with E-state index in [1.165, 1.54) is 16.7 Å². The van der Waals surface area contributed by atoms with Gasteiger partial charge in [-0.2, -0.15) is 0 Å². The Hall–Kier alpha value is -2.36. The molecule has 0 N–H and O–H groups in total. The molecule has 1 saturated heterocycles. The van der Waals surface area contributed by atoms with Gasteiger partial charge in [-0.15, -0.1) is 0 Å². The average molecular weight is 377 g/mol. The van der Waals surface area contributed by atoms with Crippen LogP contribution in [0.25, 0.3) is 5.69 Å². The fourth-order valence-electron chi connectivity index (χ4n) is 4.78. The van der Waals surface area contributed by atoms with Crippen molar-refractivity contribution < 1.29 is 0 Å². The lowest BCUT2D eigenvalue weighted by Crippen LogP contribution is -2.39. The van der Waals surface area contributed by atoms with E-state index in [4.69, 9.17) is 11.6 Å². The first-order valence-corrected chi connectivity index (χ1v) is 9.83. The molecule has 3 aliphatic heterocycles. The minimum atomic E-state index is 0.00163. The Labute approximate surface area is 163 Å². The Morgan fingerprint density at radius 2 is 1.70 bits per heavy atom. The van der Waals surface area contributed by atoms with Gasteiger partial charge in [-0.1, -0.05) is 35.9 Å². The van der Waals surface area contributed by atoms with E-state index in [1.807, 2.05) is 24.4 Å². The molecule has 0 radical (unpaired) electrons. The van der Waals surface area contributed by atoms with Crippen molar-refractivity contribution in [2.45, 2.75) is 24.8 Å². The average Bonchev–Trinajstić information content (AvgIpc) is 2.95. The number of aromatic nitrogens is 1. The van der Waals surface area contributed by atoms with Crippen molar-refractivity contribution >= 4 is 11.6 Å². The molecule has 136 valence electrons. The van der Waals surface area contributed by atoms with Gasteiger partial charge in [-0.05, 0) is 73.0 Å². The standard InChI is InChI=1S/C23H21ClN2O/c24-19-6-4-18(5-7-19)23-10-13-25(14-11-23)16-17-15-20(8-9-21(17)23)26-12-2-1-3-22(26)27/h1-9,12,15H,10-11,13-14,16H2. The topological polar surface area (TPSA) is 25.2 Å². The van der Waals surface area contributed by atoms with Crippen LogP contribution in [0.5, 0.6) is 0 Å². The normalized spacial score (nSPS) is 23.7. The van der Waals surface area contributed by atoms with Gasteiger partial charge in [0.25, 0.3) is 5.56 Å². The minimum absolute atomic E-state index is 0.00163. The zero-order valence-electron chi connectivity index (χ0n) is 15.1. The fraction of sp³-hybridized carbons (Fsp3) is 0.261. The largest absolute Gasteiger partial charge is 0.299 e. The molecule has 0 atom stereocenters. The molecule has 3 nitrogen and oxygen atoms in total. The molecular formula is C23H21ClN2O. The first kappa shape index (κ1) is 16.8. The van der Waals surface area contributed by atoms with Crippen molar-refractivity contribution in [2.24, 2.45) is 0 Å². The van der Waals surface area contributed by atoms with Crippen LogP contribution in [0, 0.1) is 0 Å². The maximum absolute atomic E-state index is 12.3. The molecule has 2 aromatic carbocycles. The van der Waals surface area contributed by atoms with Gasteiger partial charge in [0.2, 0.25) is 0 Å². The number of benzene rings is 2. The van der Waals surface area contributed by atoms with Crippen LogP contribution >= 0.6 is 11.6 Å². The number of rotatable bonds is 2. The summed E-state index contributed by atoms with van der Waals surface area (Å²) < 4.78 is 1.72. The van der Waals surface area contributed by atoms with E-state index < -0.39 is 0 Å². The molecule has 4 heteroatoms. The summed E-state index contributed by atoms with van der Waals surface area (Å²) in [4.78, 5) is 14.8. The molecular weight excluding hydrogens is 356 g/mol. The zero-order chi connectivity index (χ0) is 18.4. The molecule has 0 aliphatic carbocycles. The molecule has 0 unspecified atom stereocenters. The third kappa shape index (κ3) is 2.73. The van der Waals surface area contributed by atoms with Gasteiger partial charge < -0.3 is 0 Å². The third-order valence-corrected chi connectivity index (χ3v) is 6.46. The molecule has 0 spiro atoms. The number of fused-ring (bicyclic) bond motifs is 2. The lowest BCUT2D eigenvalue weighted by atomic mass is 9.68. The SMILES string of the molecule is O=c1ccccn1-c1ccc2c(c1)CN1CCC2(c2ccc(Cl)cc2)CC1. The molecule has 6 rings (SSSR count). The molecule has 27 heavy (non-hydrogen) atoms. The van der Waals surface area contributed by atoms with Crippen LogP contribution in [0.15, 0.2) is 71.7 Å². The Morgan fingerprint density at radius 1 is 0.926 bits per heavy atom. The summed E-state index contributed by atoms with van der Waals surface area (Å²) in [5.41, 5.74) is 5.05. The number of hydrogen-bond donors (Lipinski definition) is 0. The smallest absolute Gasteiger partial charge is 0.255 e. The quantitative estimate of drug-likeness (QED) is 0.663. The fourth-order valence-corrected chi connectivity index (χ4v) is 4.91. The van der Waals surface area contributed by atoms with Gasteiger partial charge in [0, 0.05) is 34.9 Å². The second kappa shape index (κ2) is 6.36. The lowest BCUT2D eigenvalue weighted by molar-refractivity contribution is 0.190. The van der Waals surface area contributed by atoms with E-state index in [2.05, 4.69) is 35.2 Å². The van der Waals surface area contributed by atoms with Crippen molar-refractivity contribution in [3.63, 3.8) is 0 Å². The predicted molar refractivity (Wildman–Crippen MR) is 109 cm³/mol. The van der Waals surface area contributed by atoms with E-state index in [1.54, 1.807) is 16.7 Å². The molecule has 2 bridgehead atoms. The van der Waals surface area contributed by atoms with Gasteiger partial charge in [0.15, 0.2) is 0 Å². The maximum Gasteiger partial charge on any atom is 0.255 e. The summed E-state index contributed by atoms with van der Waals surface area (Å²) in [6.45, 7) is 3.13. The van der Waals surface area contributed by atoms with Gasteiger partial charge in [0.1, 0.15) is 0 Å². The highest BCUT2D eigenvalue weighted by atomic mass is 35.5.